The molecule has 28 heavy (non-hydrogen) atoms. The zero-order valence-electron chi connectivity index (χ0n) is 14.9. The molecule has 0 radical (unpaired) electrons. The first-order valence-electron chi connectivity index (χ1n) is 8.75. The summed E-state index contributed by atoms with van der Waals surface area (Å²) in [7, 11) is -3.79. The van der Waals surface area contributed by atoms with E-state index in [2.05, 4.69) is 10.8 Å². The fourth-order valence-corrected chi connectivity index (χ4v) is 4.49. The van der Waals surface area contributed by atoms with E-state index in [0.29, 0.717) is 18.7 Å². The standard InChI is InChI=1S/C21H17N3O3S/c22-12-15-4-3-5-16(10-15)13-24-14-20(21(24)25)23-28(26,27)19-9-8-17-6-1-2-7-18(17)11-19/h1-11,20,23H,13-14H2/t20-/m0/s1. The molecule has 1 N–H and O–H groups in total. The number of carbonyl (C=O) groups excluding carboxylic acids is 1. The lowest BCUT2D eigenvalue weighted by molar-refractivity contribution is -0.143. The molecule has 1 atom stereocenters. The van der Waals surface area contributed by atoms with E-state index >= 15 is 0 Å². The molecule has 1 aliphatic rings. The van der Waals surface area contributed by atoms with Crippen LogP contribution in [-0.4, -0.2) is 31.8 Å². The van der Waals surface area contributed by atoms with Crippen molar-refractivity contribution >= 4 is 26.7 Å². The molecule has 0 unspecified atom stereocenters. The number of nitrogens with zero attached hydrogens (tertiary/aromatic N) is 2. The van der Waals surface area contributed by atoms with Crippen LogP contribution in [0.25, 0.3) is 10.8 Å². The van der Waals surface area contributed by atoms with Crippen LogP contribution in [0.4, 0.5) is 0 Å². The van der Waals surface area contributed by atoms with Crippen LogP contribution in [0.1, 0.15) is 11.1 Å². The number of benzene rings is 3. The smallest absolute Gasteiger partial charge is 0.242 e. The van der Waals surface area contributed by atoms with Crippen molar-refractivity contribution in [1.82, 2.24) is 9.62 Å². The first kappa shape index (κ1) is 18.2. The van der Waals surface area contributed by atoms with Crippen molar-refractivity contribution in [3.63, 3.8) is 0 Å². The predicted molar refractivity (Wildman–Crippen MR) is 105 cm³/mol. The van der Waals surface area contributed by atoms with Crippen LogP contribution >= 0.6 is 0 Å². The molecule has 1 heterocycles. The quantitative estimate of drug-likeness (QED) is 0.676. The number of likely N-dealkylation sites (tertiary alicyclic amines) is 1. The van der Waals surface area contributed by atoms with Gasteiger partial charge in [0.25, 0.3) is 0 Å². The Morgan fingerprint density at radius 1 is 1.04 bits per heavy atom. The van der Waals surface area contributed by atoms with Gasteiger partial charge in [0.05, 0.1) is 16.5 Å². The van der Waals surface area contributed by atoms with Crippen LogP contribution in [0, 0.1) is 11.3 Å². The molecule has 0 bridgehead atoms. The van der Waals surface area contributed by atoms with Gasteiger partial charge in [0.15, 0.2) is 0 Å². The molecule has 1 fully saturated rings. The lowest BCUT2D eigenvalue weighted by Crippen LogP contribution is -2.63. The first-order chi connectivity index (χ1) is 13.5. The van der Waals surface area contributed by atoms with Crippen molar-refractivity contribution in [3.05, 3.63) is 77.9 Å². The van der Waals surface area contributed by atoms with Gasteiger partial charge in [0, 0.05) is 13.1 Å². The number of β-lactam (4-membered cyclic amide) rings is 1. The molecule has 3 aromatic rings. The maximum Gasteiger partial charge on any atom is 0.242 e. The van der Waals surface area contributed by atoms with Crippen LogP contribution in [0.3, 0.4) is 0 Å². The number of sulfonamides is 1. The van der Waals surface area contributed by atoms with E-state index in [1.54, 1.807) is 41.3 Å². The van der Waals surface area contributed by atoms with Crippen molar-refractivity contribution in [2.24, 2.45) is 0 Å². The summed E-state index contributed by atoms with van der Waals surface area (Å²) in [5.74, 6) is -0.272. The van der Waals surface area contributed by atoms with E-state index in [-0.39, 0.29) is 10.8 Å². The Morgan fingerprint density at radius 2 is 1.82 bits per heavy atom. The van der Waals surface area contributed by atoms with E-state index in [4.69, 9.17) is 5.26 Å². The Balaban J connectivity index is 1.44. The second-order valence-corrected chi connectivity index (χ2v) is 8.43. The van der Waals surface area contributed by atoms with Gasteiger partial charge in [0.1, 0.15) is 6.04 Å². The van der Waals surface area contributed by atoms with Gasteiger partial charge in [-0.2, -0.15) is 9.98 Å². The normalized spacial score (nSPS) is 16.6. The van der Waals surface area contributed by atoms with Crippen LogP contribution in [0.5, 0.6) is 0 Å². The lowest BCUT2D eigenvalue weighted by atomic mass is 10.1. The van der Waals surface area contributed by atoms with Crippen molar-refractivity contribution in [3.8, 4) is 6.07 Å². The summed E-state index contributed by atoms with van der Waals surface area (Å²) in [5, 5.41) is 10.7. The molecule has 3 aromatic carbocycles. The summed E-state index contributed by atoms with van der Waals surface area (Å²) < 4.78 is 27.8. The number of rotatable bonds is 5. The first-order valence-corrected chi connectivity index (χ1v) is 10.2. The van der Waals surface area contributed by atoms with Crippen LogP contribution in [0.15, 0.2) is 71.6 Å². The summed E-state index contributed by atoms with van der Waals surface area (Å²) in [4.78, 5) is 14.1. The van der Waals surface area contributed by atoms with Gasteiger partial charge in [-0.25, -0.2) is 8.42 Å². The Labute approximate surface area is 163 Å². The molecular weight excluding hydrogens is 374 g/mol. The highest BCUT2D eigenvalue weighted by Crippen LogP contribution is 2.21. The van der Waals surface area contributed by atoms with E-state index in [9.17, 15) is 13.2 Å². The highest BCUT2D eigenvalue weighted by atomic mass is 32.2. The van der Waals surface area contributed by atoms with Gasteiger partial charge >= 0.3 is 0 Å². The minimum Gasteiger partial charge on any atom is -0.335 e. The van der Waals surface area contributed by atoms with Crippen molar-refractivity contribution in [2.75, 3.05) is 6.54 Å². The van der Waals surface area contributed by atoms with Gasteiger partial charge in [0.2, 0.25) is 15.9 Å². The fraction of sp³-hybridized carbons (Fsp3) is 0.143. The van der Waals surface area contributed by atoms with Gasteiger partial charge < -0.3 is 4.90 Å². The summed E-state index contributed by atoms with van der Waals surface area (Å²) >= 11 is 0. The molecule has 140 valence electrons. The lowest BCUT2D eigenvalue weighted by Gasteiger charge is -2.38. The Kier molecular flexibility index (Phi) is 4.59. The average molecular weight is 391 g/mol. The van der Waals surface area contributed by atoms with Gasteiger partial charge in [-0.1, -0.05) is 42.5 Å². The van der Waals surface area contributed by atoms with Crippen LogP contribution in [0.2, 0.25) is 0 Å². The minimum atomic E-state index is -3.79. The van der Waals surface area contributed by atoms with Crippen LogP contribution in [-0.2, 0) is 21.4 Å². The summed E-state index contributed by atoms with van der Waals surface area (Å²) in [6, 6.07) is 20.7. The third-order valence-corrected chi connectivity index (χ3v) is 6.24. The molecule has 0 spiro atoms. The Bertz CT molecular complexity index is 1210. The maximum absolute atomic E-state index is 12.7. The molecule has 7 heteroatoms. The highest BCUT2D eigenvalue weighted by Gasteiger charge is 2.39. The highest BCUT2D eigenvalue weighted by molar-refractivity contribution is 7.89. The van der Waals surface area contributed by atoms with Gasteiger partial charge in [-0.15, -0.1) is 0 Å². The molecule has 4 rings (SSSR count). The molecule has 0 aromatic heterocycles. The number of fused-ring (bicyclic) bond motifs is 1. The van der Waals surface area contributed by atoms with Gasteiger partial charge in [-0.3, -0.25) is 4.79 Å². The number of hydrogen-bond donors (Lipinski definition) is 1. The van der Waals surface area contributed by atoms with Crippen molar-refractivity contribution in [1.29, 1.82) is 5.26 Å². The predicted octanol–water partition coefficient (Wildman–Crippen LogP) is 2.40. The molecule has 1 amide bonds. The SMILES string of the molecule is N#Cc1cccc(CN2C[C@H](NS(=O)(=O)c3ccc4ccccc4c3)C2=O)c1. The number of carbonyl (C=O) groups is 1. The number of nitrogens with one attached hydrogen (secondary N) is 1. The van der Waals surface area contributed by atoms with E-state index < -0.39 is 16.1 Å². The van der Waals surface area contributed by atoms with E-state index in [1.807, 2.05) is 30.3 Å². The molecule has 1 aliphatic heterocycles. The fourth-order valence-electron chi connectivity index (χ4n) is 3.28. The molecule has 6 nitrogen and oxygen atoms in total. The second kappa shape index (κ2) is 7.08. The topological polar surface area (TPSA) is 90.3 Å². The molecule has 0 saturated carbocycles. The number of hydrogen-bond acceptors (Lipinski definition) is 4. The summed E-state index contributed by atoms with van der Waals surface area (Å²) in [6.45, 7) is 0.644. The van der Waals surface area contributed by atoms with Crippen molar-refractivity contribution < 1.29 is 13.2 Å². The van der Waals surface area contributed by atoms with E-state index in [0.717, 1.165) is 16.3 Å². The summed E-state index contributed by atoms with van der Waals surface area (Å²) in [5.41, 5.74) is 1.36. The third kappa shape index (κ3) is 3.48. The monoisotopic (exact) mass is 391 g/mol. The molecular formula is C21H17N3O3S. The minimum absolute atomic E-state index is 0.138. The zero-order valence-corrected chi connectivity index (χ0v) is 15.7. The third-order valence-electron chi connectivity index (χ3n) is 4.77. The number of amides is 1. The maximum atomic E-state index is 12.7. The number of nitriles is 1. The average Bonchev–Trinajstić information content (AvgIpc) is 2.72. The summed E-state index contributed by atoms with van der Waals surface area (Å²) in [6.07, 6.45) is 0. The Hall–Kier alpha value is -3.21. The zero-order chi connectivity index (χ0) is 19.7. The Morgan fingerprint density at radius 3 is 2.57 bits per heavy atom. The van der Waals surface area contributed by atoms with E-state index in [1.165, 1.54) is 0 Å². The second-order valence-electron chi connectivity index (χ2n) is 6.71. The molecule has 0 aliphatic carbocycles. The largest absolute Gasteiger partial charge is 0.335 e. The molecule has 1 saturated heterocycles. The van der Waals surface area contributed by atoms with Crippen molar-refractivity contribution in [2.45, 2.75) is 17.5 Å². The van der Waals surface area contributed by atoms with Crippen LogP contribution < -0.4 is 4.72 Å². The van der Waals surface area contributed by atoms with Gasteiger partial charge in [-0.05, 0) is 40.6 Å².